The first-order valence-corrected chi connectivity index (χ1v) is 8.19. The minimum Gasteiger partial charge on any atom is -0.446 e. The van der Waals surface area contributed by atoms with Crippen molar-refractivity contribution in [2.45, 2.75) is 46.1 Å². The maximum absolute atomic E-state index is 12.2. The fourth-order valence-corrected chi connectivity index (χ4v) is 3.24. The smallest absolute Gasteiger partial charge is 0.411 e. The van der Waals surface area contributed by atoms with E-state index in [2.05, 4.69) is 32.7 Å². The van der Waals surface area contributed by atoms with Crippen LogP contribution in [0.5, 0.6) is 0 Å². The molecule has 1 saturated carbocycles. The van der Waals surface area contributed by atoms with E-state index < -0.39 is 0 Å². The van der Waals surface area contributed by atoms with Crippen molar-refractivity contribution in [1.82, 2.24) is 0 Å². The molecule has 1 N–H and O–H groups in total. The summed E-state index contributed by atoms with van der Waals surface area (Å²) in [7, 11) is 0. The molecule has 0 heterocycles. The summed E-state index contributed by atoms with van der Waals surface area (Å²) in [5, 5.41) is 2.82. The second-order valence-electron chi connectivity index (χ2n) is 6.72. The second kappa shape index (κ2) is 7.48. The Balaban J connectivity index is 1.95. The van der Waals surface area contributed by atoms with E-state index in [9.17, 15) is 4.79 Å². The molecular formula is C19H27NO2. The number of benzene rings is 1. The summed E-state index contributed by atoms with van der Waals surface area (Å²) in [5.41, 5.74) is 1.78. The fourth-order valence-electron chi connectivity index (χ4n) is 3.24. The Labute approximate surface area is 133 Å². The van der Waals surface area contributed by atoms with Gasteiger partial charge in [-0.05, 0) is 48.3 Å². The molecule has 120 valence electrons. The molecule has 3 atom stereocenters. The zero-order chi connectivity index (χ0) is 16.1. The Kier molecular flexibility index (Phi) is 5.64. The van der Waals surface area contributed by atoms with Crippen molar-refractivity contribution in [2.24, 2.45) is 17.8 Å². The van der Waals surface area contributed by atoms with Gasteiger partial charge in [0, 0.05) is 5.69 Å². The van der Waals surface area contributed by atoms with E-state index in [1.807, 2.05) is 24.3 Å². The zero-order valence-electron chi connectivity index (χ0n) is 13.8. The van der Waals surface area contributed by atoms with Gasteiger partial charge in [0.2, 0.25) is 0 Å². The third kappa shape index (κ3) is 4.36. The largest absolute Gasteiger partial charge is 0.446 e. The van der Waals surface area contributed by atoms with E-state index in [0.717, 1.165) is 24.1 Å². The number of nitrogens with one attached hydrogen (secondary N) is 1. The van der Waals surface area contributed by atoms with Gasteiger partial charge in [0.15, 0.2) is 0 Å². The number of carbonyl (C=O) groups is 1. The van der Waals surface area contributed by atoms with E-state index in [1.165, 1.54) is 6.42 Å². The minimum atomic E-state index is -0.351. The van der Waals surface area contributed by atoms with Crippen molar-refractivity contribution in [3.05, 3.63) is 36.4 Å². The van der Waals surface area contributed by atoms with Gasteiger partial charge in [-0.3, -0.25) is 5.32 Å². The summed E-state index contributed by atoms with van der Waals surface area (Å²) in [4.78, 5) is 12.2. The zero-order valence-corrected chi connectivity index (χ0v) is 13.8. The summed E-state index contributed by atoms with van der Waals surface area (Å²) in [5.74, 6) is 1.63. The summed E-state index contributed by atoms with van der Waals surface area (Å²) in [6, 6.07) is 7.56. The molecule has 3 nitrogen and oxygen atoms in total. The van der Waals surface area contributed by atoms with Crippen molar-refractivity contribution < 1.29 is 9.53 Å². The highest BCUT2D eigenvalue weighted by Gasteiger charge is 2.33. The average molecular weight is 301 g/mol. The third-order valence-electron chi connectivity index (χ3n) is 4.61. The molecule has 0 unspecified atom stereocenters. The van der Waals surface area contributed by atoms with Crippen LogP contribution in [0.2, 0.25) is 0 Å². The van der Waals surface area contributed by atoms with Gasteiger partial charge >= 0.3 is 6.09 Å². The van der Waals surface area contributed by atoms with Crippen LogP contribution in [-0.2, 0) is 4.74 Å². The Morgan fingerprint density at radius 3 is 2.59 bits per heavy atom. The highest BCUT2D eigenvalue weighted by Crippen LogP contribution is 2.35. The topological polar surface area (TPSA) is 38.3 Å². The predicted octanol–water partition coefficient (Wildman–Crippen LogP) is 5.34. The highest BCUT2D eigenvalue weighted by atomic mass is 16.6. The first-order chi connectivity index (χ1) is 10.5. The van der Waals surface area contributed by atoms with Gasteiger partial charge in [-0.15, -0.1) is 0 Å². The SMILES string of the molecule is C=Cc1ccc(NC(=O)O[C@H]2C[C@@H](C)CC[C@@H]2C(C)C)cc1. The van der Waals surface area contributed by atoms with Crippen molar-refractivity contribution in [3.63, 3.8) is 0 Å². The van der Waals surface area contributed by atoms with E-state index in [0.29, 0.717) is 17.8 Å². The van der Waals surface area contributed by atoms with Crippen LogP contribution in [0.15, 0.2) is 30.8 Å². The third-order valence-corrected chi connectivity index (χ3v) is 4.61. The monoisotopic (exact) mass is 301 g/mol. The lowest BCUT2D eigenvalue weighted by atomic mass is 9.75. The molecule has 1 aromatic carbocycles. The van der Waals surface area contributed by atoms with Gasteiger partial charge in [-0.1, -0.05) is 52.0 Å². The molecule has 0 bridgehead atoms. The summed E-state index contributed by atoms with van der Waals surface area (Å²) in [6.07, 6.45) is 4.79. The van der Waals surface area contributed by atoms with Crippen LogP contribution in [0.25, 0.3) is 6.08 Å². The van der Waals surface area contributed by atoms with E-state index in [-0.39, 0.29) is 12.2 Å². The maximum Gasteiger partial charge on any atom is 0.411 e. The van der Waals surface area contributed by atoms with Gasteiger partial charge < -0.3 is 4.74 Å². The first kappa shape index (κ1) is 16.6. The van der Waals surface area contributed by atoms with Gasteiger partial charge in [0.1, 0.15) is 6.10 Å². The number of anilines is 1. The van der Waals surface area contributed by atoms with Crippen LogP contribution >= 0.6 is 0 Å². The molecule has 0 aromatic heterocycles. The van der Waals surface area contributed by atoms with Crippen LogP contribution in [0.4, 0.5) is 10.5 Å². The van der Waals surface area contributed by atoms with Crippen LogP contribution in [0.3, 0.4) is 0 Å². The van der Waals surface area contributed by atoms with Gasteiger partial charge in [0.05, 0.1) is 0 Å². The summed E-state index contributed by atoms with van der Waals surface area (Å²) >= 11 is 0. The van der Waals surface area contributed by atoms with Gasteiger partial charge in [-0.2, -0.15) is 0 Å². The van der Waals surface area contributed by atoms with Gasteiger partial charge in [0.25, 0.3) is 0 Å². The molecule has 0 saturated heterocycles. The molecule has 1 aliphatic carbocycles. The molecule has 1 amide bonds. The predicted molar refractivity (Wildman–Crippen MR) is 91.8 cm³/mol. The molecule has 0 radical (unpaired) electrons. The average Bonchev–Trinajstić information content (AvgIpc) is 2.47. The number of ether oxygens (including phenoxy) is 1. The molecule has 2 rings (SSSR count). The van der Waals surface area contributed by atoms with Crippen molar-refractivity contribution in [1.29, 1.82) is 0 Å². The normalized spacial score (nSPS) is 24.8. The quantitative estimate of drug-likeness (QED) is 0.815. The summed E-state index contributed by atoms with van der Waals surface area (Å²) in [6.45, 7) is 10.4. The minimum absolute atomic E-state index is 0.0243. The van der Waals surface area contributed by atoms with Crippen LogP contribution < -0.4 is 5.32 Å². The van der Waals surface area contributed by atoms with Crippen molar-refractivity contribution >= 4 is 17.9 Å². The molecule has 22 heavy (non-hydrogen) atoms. The summed E-state index contributed by atoms with van der Waals surface area (Å²) < 4.78 is 5.73. The molecule has 0 spiro atoms. The maximum atomic E-state index is 12.2. The Morgan fingerprint density at radius 1 is 1.32 bits per heavy atom. The molecule has 1 aliphatic rings. The molecule has 1 fully saturated rings. The first-order valence-electron chi connectivity index (χ1n) is 8.19. The fraction of sp³-hybridized carbons (Fsp3) is 0.526. The Bertz CT molecular complexity index is 507. The molecule has 1 aromatic rings. The number of hydrogen-bond donors (Lipinski definition) is 1. The van der Waals surface area contributed by atoms with E-state index in [1.54, 1.807) is 6.08 Å². The lowest BCUT2D eigenvalue weighted by molar-refractivity contribution is 0.0126. The standard InChI is InChI=1S/C19H27NO2/c1-5-15-7-9-16(10-8-15)20-19(21)22-18-12-14(4)6-11-17(18)13(2)3/h5,7-10,13-14,17-18H,1,6,11-12H2,2-4H3,(H,20,21)/t14-,17+,18-/m0/s1. The van der Waals surface area contributed by atoms with Crippen molar-refractivity contribution in [3.8, 4) is 0 Å². The Morgan fingerprint density at radius 2 is 2.00 bits per heavy atom. The Hall–Kier alpha value is -1.77. The number of rotatable bonds is 4. The number of amides is 1. The highest BCUT2D eigenvalue weighted by molar-refractivity contribution is 5.84. The molecule has 0 aliphatic heterocycles. The molecular weight excluding hydrogens is 274 g/mol. The van der Waals surface area contributed by atoms with Crippen molar-refractivity contribution in [2.75, 3.05) is 5.32 Å². The van der Waals surface area contributed by atoms with Crippen LogP contribution in [-0.4, -0.2) is 12.2 Å². The van der Waals surface area contributed by atoms with E-state index >= 15 is 0 Å². The van der Waals surface area contributed by atoms with Gasteiger partial charge in [-0.25, -0.2) is 4.79 Å². The lowest BCUT2D eigenvalue weighted by Crippen LogP contribution is -2.36. The molecule has 3 heteroatoms. The van der Waals surface area contributed by atoms with Crippen LogP contribution in [0, 0.1) is 17.8 Å². The number of hydrogen-bond acceptors (Lipinski definition) is 2. The second-order valence-corrected chi connectivity index (χ2v) is 6.72. The lowest BCUT2D eigenvalue weighted by Gasteiger charge is -2.36. The van der Waals surface area contributed by atoms with E-state index in [4.69, 9.17) is 4.74 Å². The van der Waals surface area contributed by atoms with Crippen LogP contribution in [0.1, 0.15) is 45.6 Å². The number of carbonyl (C=O) groups excluding carboxylic acids is 1.